The fourth-order valence-electron chi connectivity index (χ4n) is 1.44. The quantitative estimate of drug-likeness (QED) is 0.708. The molecule has 0 spiro atoms. The highest BCUT2D eigenvalue weighted by Gasteiger charge is 2.13. The summed E-state index contributed by atoms with van der Waals surface area (Å²) >= 11 is 0. The Kier molecular flexibility index (Phi) is 4.52. The average molecular weight is 230 g/mol. The zero-order valence-electron chi connectivity index (χ0n) is 9.03. The summed E-state index contributed by atoms with van der Waals surface area (Å²) in [6.07, 6.45) is 1.45. The third-order valence-corrected chi connectivity index (χ3v) is 2.32. The molecule has 0 saturated carbocycles. The van der Waals surface area contributed by atoms with Crippen LogP contribution in [0.5, 0.6) is 0 Å². The van der Waals surface area contributed by atoms with Crippen molar-refractivity contribution in [2.24, 2.45) is 0 Å². The smallest absolute Gasteiger partial charge is 0.194 e. The number of carbonyl (C=O) groups is 1. The van der Waals surface area contributed by atoms with E-state index in [0.29, 0.717) is 6.42 Å². The molecule has 0 atom stereocenters. The van der Waals surface area contributed by atoms with E-state index in [4.69, 9.17) is 0 Å². The van der Waals surface area contributed by atoms with E-state index in [1.54, 1.807) is 0 Å². The maximum absolute atomic E-state index is 13.2. The molecule has 0 aliphatic carbocycles. The first kappa shape index (κ1) is 12.7. The number of hydrogen-bond donors (Lipinski definition) is 0. The van der Waals surface area contributed by atoms with Crippen LogP contribution >= 0.6 is 0 Å². The van der Waals surface area contributed by atoms with Gasteiger partial charge in [0, 0.05) is 12.8 Å². The van der Waals surface area contributed by atoms with Crippen LogP contribution in [-0.2, 0) is 11.2 Å². The molecular weight excluding hydrogens is 217 g/mol. The van der Waals surface area contributed by atoms with E-state index in [-0.39, 0.29) is 24.2 Å². The summed E-state index contributed by atoms with van der Waals surface area (Å²) in [5.74, 6) is -3.86. The Morgan fingerprint density at radius 1 is 1.12 bits per heavy atom. The first-order valence-corrected chi connectivity index (χ1v) is 5.20. The lowest BCUT2D eigenvalue weighted by Gasteiger charge is -2.04. The van der Waals surface area contributed by atoms with Crippen molar-refractivity contribution in [3.05, 3.63) is 35.1 Å². The Labute approximate surface area is 92.3 Å². The van der Waals surface area contributed by atoms with Crippen LogP contribution in [0.25, 0.3) is 0 Å². The van der Waals surface area contributed by atoms with Gasteiger partial charge >= 0.3 is 0 Å². The fraction of sp³-hybridized carbons (Fsp3) is 0.417. The molecule has 0 bridgehead atoms. The van der Waals surface area contributed by atoms with Gasteiger partial charge in [0.25, 0.3) is 0 Å². The first-order chi connectivity index (χ1) is 7.56. The number of ketones is 1. The second-order valence-electron chi connectivity index (χ2n) is 3.62. The Morgan fingerprint density at radius 2 is 1.81 bits per heavy atom. The van der Waals surface area contributed by atoms with Gasteiger partial charge < -0.3 is 0 Å². The molecule has 1 aromatic rings. The summed E-state index contributed by atoms with van der Waals surface area (Å²) < 4.78 is 38.6. The number of halogens is 3. The van der Waals surface area contributed by atoms with Crippen LogP contribution in [0.1, 0.15) is 31.7 Å². The van der Waals surface area contributed by atoms with Gasteiger partial charge in [-0.1, -0.05) is 13.0 Å². The zero-order valence-corrected chi connectivity index (χ0v) is 9.03. The molecule has 0 aromatic heterocycles. The lowest BCUT2D eigenvalue weighted by Crippen LogP contribution is -2.03. The van der Waals surface area contributed by atoms with Gasteiger partial charge in [-0.15, -0.1) is 0 Å². The number of carbonyl (C=O) groups excluding carboxylic acids is 1. The van der Waals surface area contributed by atoms with Crippen LogP contribution in [0, 0.1) is 17.5 Å². The molecule has 4 heteroatoms. The summed E-state index contributed by atoms with van der Waals surface area (Å²) in [6.45, 7) is 1.87. The minimum absolute atomic E-state index is 0.00614. The highest BCUT2D eigenvalue weighted by atomic mass is 19.2. The standard InChI is InChI=1S/C12H13F3O/c1-2-3-9(16)6-4-8-5-7-10(13)12(15)11(8)14/h5,7H,2-4,6H2,1H3. The van der Waals surface area contributed by atoms with Crippen molar-refractivity contribution in [1.82, 2.24) is 0 Å². The normalized spacial score (nSPS) is 10.5. The number of Topliss-reactive ketones (excluding diaryl/α,β-unsaturated/α-hetero) is 1. The molecule has 0 aliphatic rings. The molecule has 1 aromatic carbocycles. The number of hydrogen-bond acceptors (Lipinski definition) is 1. The van der Waals surface area contributed by atoms with Crippen molar-refractivity contribution >= 4 is 5.78 Å². The van der Waals surface area contributed by atoms with Crippen molar-refractivity contribution in [2.75, 3.05) is 0 Å². The van der Waals surface area contributed by atoms with E-state index in [9.17, 15) is 18.0 Å². The number of aryl methyl sites for hydroxylation is 1. The van der Waals surface area contributed by atoms with E-state index < -0.39 is 17.5 Å². The van der Waals surface area contributed by atoms with E-state index in [2.05, 4.69) is 0 Å². The lowest BCUT2D eigenvalue weighted by molar-refractivity contribution is -0.119. The predicted molar refractivity (Wildman–Crippen MR) is 54.6 cm³/mol. The van der Waals surface area contributed by atoms with Crippen LogP contribution in [0.2, 0.25) is 0 Å². The summed E-state index contributed by atoms with van der Waals surface area (Å²) in [4.78, 5) is 11.2. The second kappa shape index (κ2) is 5.68. The molecule has 0 heterocycles. The fourth-order valence-corrected chi connectivity index (χ4v) is 1.44. The summed E-state index contributed by atoms with van der Waals surface area (Å²) in [7, 11) is 0. The number of benzene rings is 1. The molecule has 0 saturated heterocycles. The average Bonchev–Trinajstić information content (AvgIpc) is 2.25. The third kappa shape index (κ3) is 3.08. The summed E-state index contributed by atoms with van der Waals surface area (Å²) in [6, 6.07) is 2.05. The Bertz CT molecular complexity index is 388. The maximum atomic E-state index is 13.2. The van der Waals surface area contributed by atoms with Crippen LogP contribution in [-0.4, -0.2) is 5.78 Å². The van der Waals surface area contributed by atoms with E-state index in [1.165, 1.54) is 6.07 Å². The molecule has 0 unspecified atom stereocenters. The third-order valence-electron chi connectivity index (χ3n) is 2.32. The largest absolute Gasteiger partial charge is 0.300 e. The molecule has 0 fully saturated rings. The van der Waals surface area contributed by atoms with Crippen molar-refractivity contribution in [3.8, 4) is 0 Å². The van der Waals surface area contributed by atoms with Crippen molar-refractivity contribution in [3.63, 3.8) is 0 Å². The topological polar surface area (TPSA) is 17.1 Å². The maximum Gasteiger partial charge on any atom is 0.194 e. The molecule has 1 nitrogen and oxygen atoms in total. The Hall–Kier alpha value is -1.32. The van der Waals surface area contributed by atoms with Gasteiger partial charge in [-0.2, -0.15) is 0 Å². The zero-order chi connectivity index (χ0) is 12.1. The summed E-state index contributed by atoms with van der Waals surface area (Å²) in [5.41, 5.74) is 0.0448. The van der Waals surface area contributed by atoms with Gasteiger partial charge in [-0.05, 0) is 24.5 Å². The van der Waals surface area contributed by atoms with Gasteiger partial charge in [0.05, 0.1) is 0 Å². The molecular formula is C12H13F3O. The molecule has 0 radical (unpaired) electrons. The molecule has 0 aliphatic heterocycles. The van der Waals surface area contributed by atoms with Crippen molar-refractivity contribution in [2.45, 2.75) is 32.6 Å². The SMILES string of the molecule is CCCC(=O)CCc1ccc(F)c(F)c1F. The molecule has 88 valence electrons. The van der Waals surface area contributed by atoms with E-state index >= 15 is 0 Å². The highest BCUT2D eigenvalue weighted by Crippen LogP contribution is 2.16. The van der Waals surface area contributed by atoms with Crippen molar-refractivity contribution < 1.29 is 18.0 Å². The van der Waals surface area contributed by atoms with E-state index in [1.807, 2.05) is 6.92 Å². The molecule has 0 amide bonds. The second-order valence-corrected chi connectivity index (χ2v) is 3.62. The number of rotatable bonds is 5. The van der Waals surface area contributed by atoms with Crippen LogP contribution in [0.3, 0.4) is 0 Å². The van der Waals surface area contributed by atoms with E-state index in [0.717, 1.165) is 12.5 Å². The minimum Gasteiger partial charge on any atom is -0.300 e. The summed E-state index contributed by atoms with van der Waals surface area (Å²) in [5, 5.41) is 0. The van der Waals surface area contributed by atoms with Crippen molar-refractivity contribution in [1.29, 1.82) is 0 Å². The molecule has 1 rings (SSSR count). The minimum atomic E-state index is -1.47. The van der Waals surface area contributed by atoms with Crippen LogP contribution in [0.4, 0.5) is 13.2 Å². The van der Waals surface area contributed by atoms with Gasteiger partial charge in [-0.25, -0.2) is 13.2 Å². The highest BCUT2D eigenvalue weighted by molar-refractivity contribution is 5.78. The first-order valence-electron chi connectivity index (χ1n) is 5.20. The van der Waals surface area contributed by atoms with Gasteiger partial charge in [0.15, 0.2) is 17.5 Å². The van der Waals surface area contributed by atoms with Gasteiger partial charge in [-0.3, -0.25) is 4.79 Å². The lowest BCUT2D eigenvalue weighted by atomic mass is 10.0. The molecule has 16 heavy (non-hydrogen) atoms. The van der Waals surface area contributed by atoms with Crippen LogP contribution < -0.4 is 0 Å². The van der Waals surface area contributed by atoms with Gasteiger partial charge in [0.2, 0.25) is 0 Å². The molecule has 0 N–H and O–H groups in total. The Morgan fingerprint density at radius 3 is 2.44 bits per heavy atom. The van der Waals surface area contributed by atoms with Gasteiger partial charge in [0.1, 0.15) is 5.78 Å². The Balaban J connectivity index is 2.68. The van der Waals surface area contributed by atoms with Crippen LogP contribution in [0.15, 0.2) is 12.1 Å². The monoisotopic (exact) mass is 230 g/mol. The predicted octanol–water partition coefficient (Wildman–Crippen LogP) is 3.41.